The molecule has 0 aliphatic heterocycles. The van der Waals surface area contributed by atoms with E-state index in [9.17, 15) is 14.4 Å². The number of aromatic amines is 1. The van der Waals surface area contributed by atoms with Crippen molar-refractivity contribution >= 4 is 108 Å². The molecule has 24 heteroatoms. The molecule has 0 fully saturated rings. The van der Waals surface area contributed by atoms with E-state index in [1.165, 1.54) is 18.6 Å². The molecule has 0 atom stereocenters. The van der Waals surface area contributed by atoms with Gasteiger partial charge < -0.3 is 60.8 Å². The molecule has 0 spiro atoms. The number of nitrogens with zero attached hydrogens (tertiary/aromatic N) is 9. The van der Waals surface area contributed by atoms with E-state index in [-0.39, 0.29) is 183 Å². The number of rotatable bonds is 3. The van der Waals surface area contributed by atoms with Crippen molar-refractivity contribution in [1.29, 1.82) is 0 Å². The summed E-state index contributed by atoms with van der Waals surface area (Å²) in [5, 5.41) is 15.5. The molecule has 0 unspecified atom stereocenters. The first-order valence-corrected chi connectivity index (χ1v) is 23.0. The summed E-state index contributed by atoms with van der Waals surface area (Å²) in [5.41, 5.74) is 4.41. The number of carbonyl (C=O) groups excluding carboxylic acids is 2. The molecule has 10 rings (SSSR count). The van der Waals surface area contributed by atoms with Gasteiger partial charge in [0.25, 0.3) is 9.70 Å². The van der Waals surface area contributed by atoms with Gasteiger partial charge in [-0.2, -0.15) is 0 Å². The Morgan fingerprint density at radius 1 is 0.527 bits per heavy atom. The Bertz CT molecular complexity index is 2860. The van der Waals surface area contributed by atoms with E-state index >= 15 is 0 Å². The molecule has 10 heterocycles. The summed E-state index contributed by atoms with van der Waals surface area (Å²) in [6.07, 6.45) is 16.2. The number of halogens is 3. The van der Waals surface area contributed by atoms with Crippen molar-refractivity contribution in [2.24, 2.45) is 0 Å². The summed E-state index contributed by atoms with van der Waals surface area (Å²) < 4.78 is -1.96. The zero-order chi connectivity index (χ0) is 51.1. The van der Waals surface area contributed by atoms with E-state index in [1.54, 1.807) is 74.6 Å². The molecule has 16 nitrogen and oxygen atoms in total. The monoisotopic (exact) mass is 1380 g/mol. The largest absolute Gasteiger partial charge is 1.00 e. The number of carboxylic acid groups (broad SMARTS) is 1. The molecule has 0 saturated heterocycles. The number of fused-ring (bicyclic) bond motifs is 5. The minimum atomic E-state index is -1.96. The zero-order valence-corrected chi connectivity index (χ0v) is 59.4. The molecule has 10 aromatic rings. The summed E-state index contributed by atoms with van der Waals surface area (Å²) in [5.74, 6) is -1.69. The van der Waals surface area contributed by atoms with Crippen molar-refractivity contribution in [3.63, 3.8) is 0 Å². The summed E-state index contributed by atoms with van der Waals surface area (Å²) in [4.78, 5) is 72.4. The van der Waals surface area contributed by atoms with Gasteiger partial charge in [-0.05, 0) is 39.7 Å². The first kappa shape index (κ1) is 83.6. The van der Waals surface area contributed by atoms with Crippen LogP contribution in [0.3, 0.4) is 0 Å². The van der Waals surface area contributed by atoms with Crippen molar-refractivity contribution in [1.82, 2.24) is 55.2 Å². The van der Waals surface area contributed by atoms with Crippen LogP contribution in [0.2, 0.25) is 0 Å². The van der Waals surface area contributed by atoms with Gasteiger partial charge in [0, 0.05) is 167 Å². The summed E-state index contributed by atoms with van der Waals surface area (Å²) in [6, 6.07) is 22.2. The van der Waals surface area contributed by atoms with Crippen LogP contribution in [0, 0.1) is 0 Å². The minimum Gasteiger partial charge on any atom is -0.870 e. The van der Waals surface area contributed by atoms with Crippen molar-refractivity contribution in [3.05, 3.63) is 151 Å². The molecule has 0 aliphatic carbocycles. The van der Waals surface area contributed by atoms with Gasteiger partial charge in [-0.15, -0.1) is 0 Å². The average molecular weight is 1380 g/mol. The predicted molar refractivity (Wildman–Crippen MR) is 280 cm³/mol. The van der Waals surface area contributed by atoms with Gasteiger partial charge in [-0.1, -0.05) is 231 Å². The smallest absolute Gasteiger partial charge is 0.870 e. The Labute approximate surface area is 571 Å². The number of alkyl halides is 3. The molecule has 10 aromatic heterocycles. The SMILES string of the molecule is CC.CC.CC.CC.CC.CNC(=O)c1c[n-]c2ncccc12.O=C(O)c1c[n-]c2ncccc12.O=C(c1c[n-]c2ncccc12)C(Cl)(Cl)Cl.[Na+].[OH-].[Y].[Y].[Y].[Y].c1cnc2[n-]ccc2c1.c1cnc2[nH]ccc2c1. The van der Waals surface area contributed by atoms with Gasteiger partial charge in [0.1, 0.15) is 5.65 Å². The molecule has 0 bridgehead atoms. The second-order valence-electron chi connectivity index (χ2n) is 11.6. The summed E-state index contributed by atoms with van der Waals surface area (Å²) in [6.45, 7) is 20.0. The van der Waals surface area contributed by atoms with Crippen molar-refractivity contribution in [2.45, 2.75) is 73.0 Å². The van der Waals surface area contributed by atoms with Crippen molar-refractivity contribution in [2.75, 3.05) is 7.05 Å². The first-order valence-electron chi connectivity index (χ1n) is 21.9. The number of Topliss-reactive ketones (excluding diaryl/α,β-unsaturated/α-hetero) is 1. The number of carbonyl (C=O) groups is 3. The number of carboxylic acids is 1. The number of pyridine rings is 5. The third-order valence-electron chi connectivity index (χ3n) is 7.97. The number of H-pyrrole nitrogens is 1. The van der Waals surface area contributed by atoms with Crippen LogP contribution in [0.1, 0.15) is 100 Å². The maximum absolute atomic E-state index is 11.7. The number of nitrogens with one attached hydrogen (secondary N) is 2. The second-order valence-corrected chi connectivity index (χ2v) is 13.9. The number of aromatic nitrogens is 10. The molecule has 74 heavy (non-hydrogen) atoms. The van der Waals surface area contributed by atoms with Gasteiger partial charge in [0.2, 0.25) is 5.78 Å². The Morgan fingerprint density at radius 3 is 1.32 bits per heavy atom. The van der Waals surface area contributed by atoms with E-state index < -0.39 is 15.5 Å². The molecule has 1 amide bonds. The second kappa shape index (κ2) is 48.4. The standard InChI is InChI=1S/C9H5Cl3N2O.C9H9N3O.C8H6N2O2.C7H6N2.C7H5N2.5C2H6.Na.H2O.4Y/c10-9(11,12)7(15)6-4-14-8-5(6)2-1-3-13-8;1-10-9(13)7-5-12-8-6(7)3-2-4-11-8;11-8(12)6-4-10-7-5(6)2-1-3-9-7;2*1-2-6-3-5-9-7(6)8-4-1;5*1-2;;;;;;/h1-4H,(H,13,14,15);2-5H,1H3,(H2,10,11,12,13);1-4H,(H2,9,10,11,12);1-5H,(H,8,9);1-5H;5*1-2H3;;1H2;;;;/q;;;;-1;;;;;;+1;;;;;/p-4. The van der Waals surface area contributed by atoms with Gasteiger partial charge in [0.05, 0.1) is 5.56 Å². The number of hydrogen-bond acceptors (Lipinski definition) is 9. The molecule has 4 radical (unpaired) electrons. The molecule has 0 saturated carbocycles. The average Bonchev–Trinajstić information content (AvgIpc) is 4.27. The van der Waals surface area contributed by atoms with E-state index in [4.69, 9.17) is 39.9 Å². The molecule has 0 aromatic carbocycles. The van der Waals surface area contributed by atoms with Crippen LogP contribution in [0.5, 0.6) is 0 Å². The van der Waals surface area contributed by atoms with Gasteiger partial charge >= 0.3 is 35.5 Å². The molecule has 382 valence electrons. The summed E-state index contributed by atoms with van der Waals surface area (Å²) in [7, 11) is 1.59. The van der Waals surface area contributed by atoms with Crippen LogP contribution in [0.4, 0.5) is 0 Å². The van der Waals surface area contributed by atoms with Gasteiger partial charge in [-0.25, -0.2) is 9.78 Å². The molecular weight excluding hydrogens is 1320 g/mol. The number of amides is 1. The van der Waals surface area contributed by atoms with Gasteiger partial charge in [-0.3, -0.25) is 9.59 Å². The topological polar surface area (TPSA) is 250 Å². The van der Waals surface area contributed by atoms with Crippen LogP contribution in [0.25, 0.3) is 55.2 Å². The Morgan fingerprint density at radius 2 is 0.905 bits per heavy atom. The van der Waals surface area contributed by atoms with Crippen molar-refractivity contribution < 1.29 is 185 Å². The quantitative estimate of drug-likeness (QED) is 0.0849. The third kappa shape index (κ3) is 26.8. The fourth-order valence-corrected chi connectivity index (χ4v) is 5.56. The fraction of sp³-hybridized carbons (Fsp3) is 0.240. The Balaban J connectivity index is -0.000000185. The fourth-order valence-electron chi connectivity index (χ4n) is 5.25. The minimum absolute atomic E-state index is 0. The Kier molecular flexibility index (Phi) is 54.7. The van der Waals surface area contributed by atoms with E-state index in [2.05, 4.69) is 55.2 Å². The number of ketones is 1. The van der Waals surface area contributed by atoms with Crippen LogP contribution in [-0.2, 0) is 131 Å². The van der Waals surface area contributed by atoms with Crippen LogP contribution >= 0.6 is 34.8 Å². The van der Waals surface area contributed by atoms with E-state index in [1.807, 2.05) is 118 Å². The number of aromatic carboxylic acids is 1. The van der Waals surface area contributed by atoms with Crippen LogP contribution in [-0.4, -0.2) is 69.0 Å². The zero-order valence-electron chi connectivity index (χ0n) is 43.8. The molecular formula is C50H59Cl3N11NaO5Y4-4. The predicted octanol–water partition coefficient (Wildman–Crippen LogP) is 8.89. The Hall–Kier alpha value is -1.69. The summed E-state index contributed by atoms with van der Waals surface area (Å²) >= 11 is 16.5. The first-order chi connectivity index (χ1) is 33.0. The molecule has 4 N–H and O–H groups in total. The number of hydrogen-bond donors (Lipinski definition) is 3. The van der Waals surface area contributed by atoms with Crippen molar-refractivity contribution in [3.8, 4) is 0 Å². The van der Waals surface area contributed by atoms with E-state index in [0.29, 0.717) is 33.3 Å². The van der Waals surface area contributed by atoms with Crippen LogP contribution < -0.4 is 54.8 Å². The third-order valence-corrected chi connectivity index (χ3v) is 8.49. The van der Waals surface area contributed by atoms with Crippen LogP contribution in [0.15, 0.2) is 135 Å². The van der Waals surface area contributed by atoms with Gasteiger partial charge in [0.15, 0.2) is 0 Å². The molecule has 0 aliphatic rings. The van der Waals surface area contributed by atoms with E-state index in [0.717, 1.165) is 27.5 Å². The maximum atomic E-state index is 11.7. The maximum Gasteiger partial charge on any atom is 1.00 e. The normalized spacial score (nSPS) is 8.78.